The van der Waals surface area contributed by atoms with Gasteiger partial charge in [-0.2, -0.15) is 0 Å². The number of halogens is 1. The van der Waals surface area contributed by atoms with E-state index in [0.717, 1.165) is 36.3 Å². The fourth-order valence-electron chi connectivity index (χ4n) is 3.18. The van der Waals surface area contributed by atoms with Crippen molar-refractivity contribution in [2.75, 3.05) is 0 Å². The van der Waals surface area contributed by atoms with Gasteiger partial charge in [-0.25, -0.2) is 9.38 Å². The molecule has 0 atom stereocenters. The van der Waals surface area contributed by atoms with Gasteiger partial charge in [-0.1, -0.05) is 30.9 Å². The number of thiophene rings is 1. The summed E-state index contributed by atoms with van der Waals surface area (Å²) in [5.41, 5.74) is 0.478. The molecule has 0 bridgehead atoms. The first-order valence-corrected chi connectivity index (χ1v) is 10.3. The molecule has 3 aromatic heterocycles. The van der Waals surface area contributed by atoms with Gasteiger partial charge in [0.05, 0.1) is 14.9 Å². The van der Waals surface area contributed by atoms with E-state index >= 15 is 0 Å². The largest absolute Gasteiger partial charge is 0.349 e. The van der Waals surface area contributed by atoms with Crippen molar-refractivity contribution in [3.63, 3.8) is 0 Å². The van der Waals surface area contributed by atoms with E-state index < -0.39 is 0 Å². The summed E-state index contributed by atoms with van der Waals surface area (Å²) in [5.74, 6) is -0.333. The van der Waals surface area contributed by atoms with Crippen molar-refractivity contribution < 1.29 is 4.79 Å². The Hall–Kier alpha value is -1.70. The number of fused-ring (bicyclic) bond motifs is 1. The Kier molecular flexibility index (Phi) is 4.62. The van der Waals surface area contributed by atoms with Crippen LogP contribution in [-0.2, 0) is 0 Å². The molecule has 25 heavy (non-hydrogen) atoms. The van der Waals surface area contributed by atoms with Crippen molar-refractivity contribution in [3.8, 4) is 10.6 Å². The minimum Gasteiger partial charge on any atom is -0.349 e. The number of nitrogens with one attached hydrogen (secondary N) is 1. The highest BCUT2D eigenvalue weighted by atomic mass is 35.5. The van der Waals surface area contributed by atoms with E-state index in [4.69, 9.17) is 11.6 Å². The summed E-state index contributed by atoms with van der Waals surface area (Å²) in [6, 6.07) is 3.82. The summed E-state index contributed by atoms with van der Waals surface area (Å²) >= 11 is 8.78. The highest BCUT2D eigenvalue weighted by molar-refractivity contribution is 7.20. The van der Waals surface area contributed by atoms with Crippen LogP contribution < -0.4 is 10.9 Å². The quantitative estimate of drug-likeness (QED) is 0.725. The molecule has 0 spiro atoms. The first-order valence-electron chi connectivity index (χ1n) is 8.19. The molecular weight excluding hydrogens is 378 g/mol. The number of hydrogen-bond acceptors (Lipinski definition) is 5. The van der Waals surface area contributed by atoms with E-state index in [0.29, 0.717) is 9.30 Å². The first kappa shape index (κ1) is 16.8. The Labute approximate surface area is 157 Å². The van der Waals surface area contributed by atoms with Gasteiger partial charge < -0.3 is 5.32 Å². The van der Waals surface area contributed by atoms with Gasteiger partial charge in [0.25, 0.3) is 11.5 Å². The van der Waals surface area contributed by atoms with Gasteiger partial charge in [-0.3, -0.25) is 9.59 Å². The van der Waals surface area contributed by atoms with Crippen LogP contribution in [0.3, 0.4) is 0 Å². The standard InChI is InChI=1S/C17H16ClN3O2S2/c18-14-7-6-13(25-14)12-9-24-17-19-8-11(16(23)21(12)17)15(22)20-10-4-2-1-3-5-10/h6-10H,1-5H2,(H,20,22). The molecule has 1 aliphatic carbocycles. The van der Waals surface area contributed by atoms with E-state index in [9.17, 15) is 9.59 Å². The average Bonchev–Trinajstić information content (AvgIpc) is 3.22. The van der Waals surface area contributed by atoms with Crippen molar-refractivity contribution in [2.45, 2.75) is 38.1 Å². The number of carbonyl (C=O) groups is 1. The molecular formula is C17H16ClN3O2S2. The summed E-state index contributed by atoms with van der Waals surface area (Å²) in [4.78, 5) is 31.2. The lowest BCUT2D eigenvalue weighted by molar-refractivity contribution is 0.0925. The molecule has 1 aliphatic rings. The lowest BCUT2D eigenvalue weighted by atomic mass is 9.95. The van der Waals surface area contributed by atoms with Crippen molar-refractivity contribution in [2.24, 2.45) is 0 Å². The Morgan fingerprint density at radius 2 is 2.08 bits per heavy atom. The van der Waals surface area contributed by atoms with Gasteiger partial charge in [-0.05, 0) is 25.0 Å². The van der Waals surface area contributed by atoms with E-state index in [1.54, 1.807) is 6.07 Å². The molecule has 5 nitrogen and oxygen atoms in total. The molecule has 4 rings (SSSR count). The summed E-state index contributed by atoms with van der Waals surface area (Å²) in [6.07, 6.45) is 6.78. The normalized spacial score (nSPS) is 15.6. The zero-order valence-corrected chi connectivity index (χ0v) is 15.7. The zero-order chi connectivity index (χ0) is 17.4. The average molecular weight is 394 g/mol. The van der Waals surface area contributed by atoms with E-state index in [1.807, 2.05) is 11.4 Å². The molecule has 130 valence electrons. The van der Waals surface area contributed by atoms with Gasteiger partial charge in [0, 0.05) is 17.6 Å². The first-order chi connectivity index (χ1) is 12.1. The van der Waals surface area contributed by atoms with Crippen LogP contribution in [0.4, 0.5) is 0 Å². The fraction of sp³-hybridized carbons (Fsp3) is 0.353. The molecule has 1 saturated carbocycles. The van der Waals surface area contributed by atoms with Gasteiger partial charge in [0.15, 0.2) is 4.96 Å². The van der Waals surface area contributed by atoms with Crippen LogP contribution in [0.15, 0.2) is 28.5 Å². The monoisotopic (exact) mass is 393 g/mol. The second-order valence-electron chi connectivity index (χ2n) is 6.13. The fourth-order valence-corrected chi connectivity index (χ4v) is 5.16. The highest BCUT2D eigenvalue weighted by Crippen LogP contribution is 2.32. The molecule has 0 unspecified atom stereocenters. The molecule has 3 heterocycles. The van der Waals surface area contributed by atoms with Crippen LogP contribution in [0.5, 0.6) is 0 Å². The van der Waals surface area contributed by atoms with Crippen LogP contribution in [0.1, 0.15) is 42.5 Å². The van der Waals surface area contributed by atoms with E-state index in [1.165, 1.54) is 39.7 Å². The van der Waals surface area contributed by atoms with E-state index in [-0.39, 0.29) is 23.1 Å². The molecule has 3 aromatic rings. The Bertz CT molecular complexity index is 985. The van der Waals surface area contributed by atoms with Crippen LogP contribution in [0.25, 0.3) is 15.5 Å². The maximum atomic E-state index is 12.9. The lowest BCUT2D eigenvalue weighted by Crippen LogP contribution is -2.39. The smallest absolute Gasteiger partial charge is 0.271 e. The number of nitrogens with zero attached hydrogens (tertiary/aromatic N) is 2. The number of rotatable bonds is 3. The zero-order valence-electron chi connectivity index (χ0n) is 13.3. The third-order valence-corrected chi connectivity index (χ3v) is 6.55. The molecule has 0 saturated heterocycles. The van der Waals surface area contributed by atoms with E-state index in [2.05, 4.69) is 10.3 Å². The van der Waals surface area contributed by atoms with Crippen molar-refractivity contribution in [3.05, 3.63) is 44.0 Å². The molecule has 8 heteroatoms. The van der Waals surface area contributed by atoms with Crippen LogP contribution in [0, 0.1) is 0 Å². The number of hydrogen-bond donors (Lipinski definition) is 1. The number of thiazole rings is 1. The molecule has 0 aromatic carbocycles. The minimum atomic E-state index is -0.334. The van der Waals surface area contributed by atoms with Crippen LogP contribution >= 0.6 is 34.3 Å². The van der Waals surface area contributed by atoms with Crippen LogP contribution in [0.2, 0.25) is 4.34 Å². The molecule has 1 amide bonds. The summed E-state index contributed by atoms with van der Waals surface area (Å²) < 4.78 is 2.16. The molecule has 1 fully saturated rings. The third kappa shape index (κ3) is 3.23. The Morgan fingerprint density at radius 3 is 2.80 bits per heavy atom. The predicted molar refractivity (Wildman–Crippen MR) is 102 cm³/mol. The minimum absolute atomic E-state index is 0.0883. The molecule has 1 N–H and O–H groups in total. The Balaban J connectivity index is 1.71. The topological polar surface area (TPSA) is 63.5 Å². The maximum absolute atomic E-state index is 12.9. The second kappa shape index (κ2) is 6.90. The molecule has 0 aliphatic heterocycles. The number of amides is 1. The van der Waals surface area contributed by atoms with Crippen LogP contribution in [-0.4, -0.2) is 21.3 Å². The van der Waals surface area contributed by atoms with Crippen molar-refractivity contribution >= 4 is 45.1 Å². The Morgan fingerprint density at radius 1 is 1.28 bits per heavy atom. The molecule has 0 radical (unpaired) electrons. The van der Waals surface area contributed by atoms with Crippen molar-refractivity contribution in [1.82, 2.24) is 14.7 Å². The number of carbonyl (C=O) groups excluding carboxylic acids is 1. The number of aromatic nitrogens is 2. The van der Waals surface area contributed by atoms with Gasteiger partial charge in [0.2, 0.25) is 0 Å². The summed E-state index contributed by atoms with van der Waals surface area (Å²) in [7, 11) is 0. The summed E-state index contributed by atoms with van der Waals surface area (Å²) in [5, 5.41) is 4.86. The summed E-state index contributed by atoms with van der Waals surface area (Å²) in [6.45, 7) is 0. The highest BCUT2D eigenvalue weighted by Gasteiger charge is 2.21. The lowest BCUT2D eigenvalue weighted by Gasteiger charge is -2.22. The SMILES string of the molecule is O=C(NC1CCCCC1)c1cnc2scc(-c3ccc(Cl)s3)n2c1=O. The second-order valence-corrected chi connectivity index (χ2v) is 8.68. The van der Waals surface area contributed by atoms with Gasteiger partial charge in [0.1, 0.15) is 5.56 Å². The third-order valence-electron chi connectivity index (χ3n) is 4.46. The van der Waals surface area contributed by atoms with Gasteiger partial charge in [-0.15, -0.1) is 22.7 Å². The van der Waals surface area contributed by atoms with Crippen molar-refractivity contribution in [1.29, 1.82) is 0 Å². The van der Waals surface area contributed by atoms with Gasteiger partial charge >= 0.3 is 0 Å². The maximum Gasteiger partial charge on any atom is 0.271 e. The predicted octanol–water partition coefficient (Wildman–Crippen LogP) is 4.20.